The maximum Gasteiger partial charge on any atom is 0.234 e. The van der Waals surface area contributed by atoms with Crippen LogP contribution in [0, 0.1) is 5.82 Å². The molecule has 1 unspecified atom stereocenters. The van der Waals surface area contributed by atoms with Crippen molar-refractivity contribution in [3.63, 3.8) is 0 Å². The number of hydrogen-bond acceptors (Lipinski definition) is 4. The summed E-state index contributed by atoms with van der Waals surface area (Å²) in [6.45, 7) is 1.20. The third-order valence-corrected chi connectivity index (χ3v) is 2.53. The van der Waals surface area contributed by atoms with E-state index in [1.807, 2.05) is 0 Å². The summed E-state index contributed by atoms with van der Waals surface area (Å²) < 4.78 is 18.2. The quantitative estimate of drug-likeness (QED) is 0.616. The first-order valence-corrected chi connectivity index (χ1v) is 6.04. The Bertz CT molecular complexity index is 407. The number of ether oxygens (including phenoxy) is 1. The number of methoxy groups -OCH3 is 1. The molecule has 0 aromatic heterocycles. The lowest BCUT2D eigenvalue weighted by Gasteiger charge is -2.13. The second-order valence-electron chi connectivity index (χ2n) is 4.01. The van der Waals surface area contributed by atoms with Crippen LogP contribution in [0.3, 0.4) is 0 Å². The van der Waals surface area contributed by atoms with Gasteiger partial charge in [0.2, 0.25) is 5.91 Å². The zero-order valence-corrected chi connectivity index (χ0v) is 12.1. The summed E-state index contributed by atoms with van der Waals surface area (Å²) in [7, 11) is 1.58. The van der Waals surface area contributed by atoms with Crippen molar-refractivity contribution in [2.45, 2.75) is 6.10 Å². The van der Waals surface area contributed by atoms with Crippen molar-refractivity contribution in [2.24, 2.45) is 0 Å². The maximum atomic E-state index is 13.4. The van der Waals surface area contributed by atoms with Gasteiger partial charge in [0.15, 0.2) is 0 Å². The van der Waals surface area contributed by atoms with Crippen molar-refractivity contribution < 1.29 is 19.0 Å². The minimum Gasteiger partial charge on any atom is -0.386 e. The maximum absolute atomic E-state index is 13.4. The second kappa shape index (κ2) is 10.6. The lowest BCUT2D eigenvalue weighted by Crippen LogP contribution is -2.37. The molecule has 0 heterocycles. The molecule has 0 fully saturated rings. The van der Waals surface area contributed by atoms with Crippen molar-refractivity contribution in [1.82, 2.24) is 10.6 Å². The second-order valence-corrected chi connectivity index (χ2v) is 4.01. The summed E-state index contributed by atoms with van der Waals surface area (Å²) >= 11 is 0. The molecule has 0 saturated carbocycles. The molecule has 0 aliphatic carbocycles. The van der Waals surface area contributed by atoms with E-state index in [1.54, 1.807) is 19.2 Å². The van der Waals surface area contributed by atoms with Gasteiger partial charge in [0, 0.05) is 25.8 Å². The van der Waals surface area contributed by atoms with Crippen LogP contribution in [-0.2, 0) is 9.53 Å². The van der Waals surface area contributed by atoms with E-state index in [-0.39, 0.29) is 37.0 Å². The van der Waals surface area contributed by atoms with Crippen LogP contribution in [-0.4, -0.2) is 44.4 Å². The number of aliphatic hydroxyl groups excluding tert-OH is 1. The Morgan fingerprint density at radius 1 is 1.45 bits per heavy atom. The summed E-state index contributed by atoms with van der Waals surface area (Å²) in [5, 5.41) is 15.2. The highest BCUT2D eigenvalue weighted by Crippen LogP contribution is 2.15. The Morgan fingerprint density at radius 3 is 2.80 bits per heavy atom. The Kier molecular flexibility index (Phi) is 9.92. The zero-order valence-electron chi connectivity index (χ0n) is 11.3. The molecule has 0 aliphatic rings. The van der Waals surface area contributed by atoms with Crippen LogP contribution in [0.2, 0.25) is 0 Å². The van der Waals surface area contributed by atoms with Crippen molar-refractivity contribution in [3.8, 4) is 0 Å². The fourth-order valence-corrected chi connectivity index (χ4v) is 1.50. The van der Waals surface area contributed by atoms with Crippen molar-refractivity contribution >= 4 is 18.3 Å². The number of carbonyl (C=O) groups excluding carboxylic acids is 1. The van der Waals surface area contributed by atoms with Crippen molar-refractivity contribution in [2.75, 3.05) is 33.4 Å². The van der Waals surface area contributed by atoms with E-state index in [1.165, 1.54) is 12.1 Å². The predicted molar refractivity (Wildman–Crippen MR) is 76.4 cm³/mol. The summed E-state index contributed by atoms with van der Waals surface area (Å²) in [5.41, 5.74) is 0.176. The molecule has 0 spiro atoms. The van der Waals surface area contributed by atoms with Gasteiger partial charge >= 0.3 is 0 Å². The normalized spacial score (nSPS) is 11.6. The van der Waals surface area contributed by atoms with Gasteiger partial charge in [-0.25, -0.2) is 4.39 Å². The Hall–Kier alpha value is -1.21. The molecular formula is C13H20ClFN2O3. The Labute approximate surface area is 123 Å². The average Bonchev–Trinajstić information content (AvgIpc) is 2.41. The standard InChI is InChI=1S/C13H19FN2O3.ClH/c1-19-7-6-15-9-13(18)16-8-12(17)10-4-2-3-5-11(10)14;/h2-5,12,15,17H,6-9H2,1H3,(H,16,18);1H. The number of rotatable bonds is 8. The van der Waals surface area contributed by atoms with E-state index in [2.05, 4.69) is 10.6 Å². The number of carbonyl (C=O) groups is 1. The highest BCUT2D eigenvalue weighted by atomic mass is 35.5. The average molecular weight is 307 g/mol. The van der Waals surface area contributed by atoms with Gasteiger partial charge in [-0.05, 0) is 6.07 Å². The molecule has 114 valence electrons. The molecule has 3 N–H and O–H groups in total. The highest BCUT2D eigenvalue weighted by Gasteiger charge is 2.12. The monoisotopic (exact) mass is 306 g/mol. The smallest absolute Gasteiger partial charge is 0.234 e. The van der Waals surface area contributed by atoms with E-state index in [9.17, 15) is 14.3 Å². The number of halogens is 2. The van der Waals surface area contributed by atoms with Crippen molar-refractivity contribution in [1.29, 1.82) is 0 Å². The van der Waals surface area contributed by atoms with Crippen LogP contribution in [0.1, 0.15) is 11.7 Å². The van der Waals surface area contributed by atoms with Crippen LogP contribution < -0.4 is 10.6 Å². The topological polar surface area (TPSA) is 70.6 Å². The molecule has 7 heteroatoms. The van der Waals surface area contributed by atoms with Gasteiger partial charge in [-0.1, -0.05) is 18.2 Å². The number of hydrogen-bond donors (Lipinski definition) is 3. The van der Waals surface area contributed by atoms with Gasteiger partial charge in [0.05, 0.1) is 19.3 Å². The van der Waals surface area contributed by atoms with Gasteiger partial charge in [0.1, 0.15) is 5.82 Å². The molecule has 1 atom stereocenters. The number of amides is 1. The molecule has 1 aromatic rings. The van der Waals surface area contributed by atoms with E-state index in [0.717, 1.165) is 0 Å². The molecule has 0 radical (unpaired) electrons. The van der Waals surface area contributed by atoms with Gasteiger partial charge in [0.25, 0.3) is 0 Å². The molecule has 5 nitrogen and oxygen atoms in total. The number of nitrogens with one attached hydrogen (secondary N) is 2. The Morgan fingerprint density at radius 2 is 2.15 bits per heavy atom. The van der Waals surface area contributed by atoms with Crippen LogP contribution in [0.15, 0.2) is 24.3 Å². The molecule has 1 aromatic carbocycles. The van der Waals surface area contributed by atoms with Crippen LogP contribution >= 0.6 is 12.4 Å². The van der Waals surface area contributed by atoms with E-state index < -0.39 is 11.9 Å². The molecule has 0 bridgehead atoms. The van der Waals surface area contributed by atoms with Gasteiger partial charge in [-0.15, -0.1) is 12.4 Å². The minimum absolute atomic E-state index is 0. The molecule has 20 heavy (non-hydrogen) atoms. The largest absolute Gasteiger partial charge is 0.386 e. The predicted octanol–water partition coefficient (Wildman–Crippen LogP) is 0.633. The summed E-state index contributed by atoms with van der Waals surface area (Å²) in [6, 6.07) is 5.94. The first-order valence-electron chi connectivity index (χ1n) is 6.04. The van der Waals surface area contributed by atoms with Crippen LogP contribution in [0.4, 0.5) is 4.39 Å². The van der Waals surface area contributed by atoms with Crippen LogP contribution in [0.25, 0.3) is 0 Å². The number of aliphatic hydroxyl groups is 1. The molecule has 1 amide bonds. The van der Waals surface area contributed by atoms with E-state index >= 15 is 0 Å². The molecule has 1 rings (SSSR count). The van der Waals surface area contributed by atoms with Crippen molar-refractivity contribution in [3.05, 3.63) is 35.6 Å². The molecule has 0 aliphatic heterocycles. The minimum atomic E-state index is -1.05. The summed E-state index contributed by atoms with van der Waals surface area (Å²) in [4.78, 5) is 11.4. The number of benzene rings is 1. The SMILES string of the molecule is COCCNCC(=O)NCC(O)c1ccccc1F.Cl. The molecular weight excluding hydrogens is 287 g/mol. The fourth-order valence-electron chi connectivity index (χ4n) is 1.50. The van der Waals surface area contributed by atoms with E-state index in [4.69, 9.17) is 4.74 Å². The Balaban J connectivity index is 0.00000361. The third-order valence-electron chi connectivity index (χ3n) is 2.53. The van der Waals surface area contributed by atoms with Crippen LogP contribution in [0.5, 0.6) is 0 Å². The zero-order chi connectivity index (χ0) is 14.1. The van der Waals surface area contributed by atoms with Gasteiger partial charge in [-0.2, -0.15) is 0 Å². The lowest BCUT2D eigenvalue weighted by atomic mass is 10.1. The summed E-state index contributed by atoms with van der Waals surface area (Å²) in [6.07, 6.45) is -1.05. The third kappa shape index (κ3) is 6.81. The molecule has 0 saturated heterocycles. The lowest BCUT2D eigenvalue weighted by molar-refractivity contribution is -0.120. The first kappa shape index (κ1) is 18.8. The first-order chi connectivity index (χ1) is 9.15. The van der Waals surface area contributed by atoms with Gasteiger partial charge < -0.3 is 20.5 Å². The summed E-state index contributed by atoms with van der Waals surface area (Å²) in [5.74, 6) is -0.742. The fraction of sp³-hybridized carbons (Fsp3) is 0.462. The van der Waals surface area contributed by atoms with Gasteiger partial charge in [-0.3, -0.25) is 4.79 Å². The van der Waals surface area contributed by atoms with E-state index in [0.29, 0.717) is 13.2 Å². The highest BCUT2D eigenvalue weighted by molar-refractivity contribution is 5.85.